The Morgan fingerprint density at radius 3 is 2.71 bits per heavy atom. The van der Waals surface area contributed by atoms with Gasteiger partial charge in [0.1, 0.15) is 5.75 Å². The molecule has 0 aromatic heterocycles. The summed E-state index contributed by atoms with van der Waals surface area (Å²) in [7, 11) is 0. The van der Waals surface area contributed by atoms with Crippen molar-refractivity contribution >= 4 is 17.7 Å². The van der Waals surface area contributed by atoms with Crippen LogP contribution in [0.5, 0.6) is 5.75 Å². The molecule has 0 saturated carbocycles. The summed E-state index contributed by atoms with van der Waals surface area (Å²) in [6.07, 6.45) is -0.493. The third-order valence-corrected chi connectivity index (χ3v) is 4.69. The molecular weight excluding hydrogens is 318 g/mol. The van der Waals surface area contributed by atoms with Gasteiger partial charge in [0.25, 0.3) is 5.91 Å². The molecule has 2 rings (SSSR count). The van der Waals surface area contributed by atoms with Gasteiger partial charge in [-0.25, -0.2) is 0 Å². The summed E-state index contributed by atoms with van der Waals surface area (Å²) in [5.74, 6) is 2.53. The summed E-state index contributed by atoms with van der Waals surface area (Å²) >= 11 is 1.82. The van der Waals surface area contributed by atoms with Gasteiger partial charge >= 0.3 is 0 Å². The third-order valence-electron chi connectivity index (χ3n) is 3.66. The highest BCUT2D eigenvalue weighted by atomic mass is 32.2. The molecule has 24 heavy (non-hydrogen) atoms. The first-order valence-electron chi connectivity index (χ1n) is 8.19. The van der Waals surface area contributed by atoms with Crippen LogP contribution in [-0.4, -0.2) is 24.3 Å². The second-order valence-corrected chi connectivity index (χ2v) is 6.96. The molecule has 0 fully saturated rings. The van der Waals surface area contributed by atoms with Crippen molar-refractivity contribution in [2.45, 2.75) is 32.6 Å². The first-order valence-corrected chi connectivity index (χ1v) is 9.35. The van der Waals surface area contributed by atoms with Gasteiger partial charge in [-0.05, 0) is 38.0 Å². The molecule has 1 amide bonds. The number of hydrogen-bond acceptors (Lipinski definition) is 3. The normalized spacial score (nSPS) is 11.8. The van der Waals surface area contributed by atoms with Crippen molar-refractivity contribution in [3.63, 3.8) is 0 Å². The van der Waals surface area contributed by atoms with Crippen molar-refractivity contribution in [1.82, 2.24) is 5.32 Å². The summed E-state index contributed by atoms with van der Waals surface area (Å²) in [5, 5.41) is 2.94. The zero-order valence-corrected chi connectivity index (χ0v) is 15.4. The summed E-state index contributed by atoms with van der Waals surface area (Å²) in [5.41, 5.74) is 3.64. The van der Waals surface area contributed by atoms with E-state index in [1.165, 1.54) is 11.1 Å². The average Bonchev–Trinajstić information content (AvgIpc) is 2.56. The Balaban J connectivity index is 1.66. The molecule has 0 aliphatic rings. The molecular formula is C20H25NO2S. The molecule has 2 aromatic carbocycles. The molecule has 0 unspecified atom stereocenters. The maximum atomic E-state index is 12.1. The molecule has 3 nitrogen and oxygen atoms in total. The lowest BCUT2D eigenvalue weighted by Gasteiger charge is -2.16. The highest BCUT2D eigenvalue weighted by Crippen LogP contribution is 2.18. The van der Waals surface area contributed by atoms with Crippen LogP contribution in [0.1, 0.15) is 23.6 Å². The number of hydrogen-bond donors (Lipinski definition) is 1. The Bertz CT molecular complexity index is 672. The number of amides is 1. The average molecular weight is 343 g/mol. The molecule has 0 aliphatic heterocycles. The lowest BCUT2D eigenvalue weighted by Crippen LogP contribution is -2.37. The molecule has 0 spiro atoms. The fourth-order valence-corrected chi connectivity index (χ4v) is 3.12. The second kappa shape index (κ2) is 9.38. The Morgan fingerprint density at radius 1 is 1.17 bits per heavy atom. The van der Waals surface area contributed by atoms with Crippen LogP contribution in [0, 0.1) is 13.8 Å². The number of para-hydroxylation sites is 1. The van der Waals surface area contributed by atoms with Crippen LogP contribution in [0.4, 0.5) is 0 Å². The maximum absolute atomic E-state index is 12.1. The first-order chi connectivity index (χ1) is 11.6. The Hall–Kier alpha value is -1.94. The topological polar surface area (TPSA) is 38.3 Å². The van der Waals surface area contributed by atoms with Crippen molar-refractivity contribution in [2.24, 2.45) is 0 Å². The van der Waals surface area contributed by atoms with Crippen LogP contribution >= 0.6 is 11.8 Å². The van der Waals surface area contributed by atoms with Crippen molar-refractivity contribution in [2.75, 3.05) is 12.3 Å². The van der Waals surface area contributed by atoms with Crippen LogP contribution in [0.2, 0.25) is 0 Å². The largest absolute Gasteiger partial charge is 0.481 e. The molecule has 1 N–H and O–H groups in total. The van der Waals surface area contributed by atoms with E-state index in [9.17, 15) is 4.79 Å². The van der Waals surface area contributed by atoms with Crippen LogP contribution in [0.15, 0.2) is 48.5 Å². The van der Waals surface area contributed by atoms with Gasteiger partial charge in [0.2, 0.25) is 0 Å². The van der Waals surface area contributed by atoms with Gasteiger partial charge in [-0.1, -0.05) is 48.0 Å². The Morgan fingerprint density at radius 2 is 1.96 bits per heavy atom. The fourth-order valence-electron chi connectivity index (χ4n) is 2.31. The lowest BCUT2D eigenvalue weighted by atomic mass is 10.2. The third kappa shape index (κ3) is 5.93. The summed E-state index contributed by atoms with van der Waals surface area (Å²) in [6.45, 7) is 6.50. The molecule has 0 heterocycles. The van der Waals surface area contributed by atoms with Gasteiger partial charge in [0.15, 0.2) is 6.10 Å². The molecule has 0 aliphatic carbocycles. The molecule has 4 heteroatoms. The van der Waals surface area contributed by atoms with Crippen molar-refractivity contribution < 1.29 is 9.53 Å². The van der Waals surface area contributed by atoms with E-state index in [2.05, 4.69) is 36.5 Å². The minimum atomic E-state index is -0.493. The predicted molar refractivity (Wildman–Crippen MR) is 102 cm³/mol. The number of carbonyl (C=O) groups excluding carboxylic acids is 1. The molecule has 0 saturated heterocycles. The lowest BCUT2D eigenvalue weighted by molar-refractivity contribution is -0.127. The smallest absolute Gasteiger partial charge is 0.260 e. The zero-order valence-electron chi connectivity index (χ0n) is 14.5. The van der Waals surface area contributed by atoms with Crippen molar-refractivity contribution in [3.8, 4) is 5.75 Å². The van der Waals surface area contributed by atoms with Crippen molar-refractivity contribution in [3.05, 3.63) is 65.2 Å². The van der Waals surface area contributed by atoms with E-state index in [0.717, 1.165) is 22.8 Å². The number of carbonyl (C=O) groups is 1. The zero-order chi connectivity index (χ0) is 17.4. The fraction of sp³-hybridized carbons (Fsp3) is 0.350. The maximum Gasteiger partial charge on any atom is 0.260 e. The SMILES string of the molecule is Cc1cccc(CSCCNC(=O)[C@H](C)Oc2ccccc2C)c1. The quantitative estimate of drug-likeness (QED) is 0.733. The minimum Gasteiger partial charge on any atom is -0.481 e. The Labute approximate surface area is 148 Å². The van der Waals surface area contributed by atoms with Crippen LogP contribution in [0.3, 0.4) is 0 Å². The van der Waals surface area contributed by atoms with Gasteiger partial charge in [-0.15, -0.1) is 0 Å². The van der Waals surface area contributed by atoms with Crippen LogP contribution < -0.4 is 10.1 Å². The standard InChI is InChI=1S/C20H25NO2S/c1-15-7-6-9-18(13-15)14-24-12-11-21-20(22)17(3)23-19-10-5-4-8-16(19)2/h4-10,13,17H,11-12,14H2,1-3H3,(H,21,22)/t17-/m0/s1. The van der Waals surface area contributed by atoms with E-state index < -0.39 is 6.10 Å². The van der Waals surface area contributed by atoms with Crippen LogP contribution in [-0.2, 0) is 10.5 Å². The van der Waals surface area contributed by atoms with E-state index in [1.807, 2.05) is 43.0 Å². The van der Waals surface area contributed by atoms with Gasteiger partial charge < -0.3 is 10.1 Å². The molecule has 0 bridgehead atoms. The van der Waals surface area contributed by atoms with Gasteiger partial charge in [0.05, 0.1) is 0 Å². The number of thioether (sulfide) groups is 1. The number of aryl methyl sites for hydroxylation is 2. The van der Waals surface area contributed by atoms with E-state index in [1.54, 1.807) is 6.92 Å². The number of benzene rings is 2. The second-order valence-electron chi connectivity index (χ2n) is 5.86. The van der Waals surface area contributed by atoms with E-state index in [-0.39, 0.29) is 5.91 Å². The summed E-state index contributed by atoms with van der Waals surface area (Å²) < 4.78 is 5.73. The highest BCUT2D eigenvalue weighted by Gasteiger charge is 2.14. The van der Waals surface area contributed by atoms with Gasteiger partial charge in [-0.2, -0.15) is 11.8 Å². The van der Waals surface area contributed by atoms with Crippen LogP contribution in [0.25, 0.3) is 0 Å². The highest BCUT2D eigenvalue weighted by molar-refractivity contribution is 7.98. The predicted octanol–water partition coefficient (Wildman–Crippen LogP) is 4.12. The van der Waals surface area contributed by atoms with Gasteiger partial charge in [0, 0.05) is 18.1 Å². The summed E-state index contributed by atoms with van der Waals surface area (Å²) in [6, 6.07) is 16.2. The van der Waals surface area contributed by atoms with E-state index >= 15 is 0 Å². The van der Waals surface area contributed by atoms with Gasteiger partial charge in [-0.3, -0.25) is 4.79 Å². The van der Waals surface area contributed by atoms with E-state index in [4.69, 9.17) is 4.74 Å². The Kier molecular flexibility index (Phi) is 7.19. The molecule has 128 valence electrons. The number of nitrogens with one attached hydrogen (secondary N) is 1. The molecule has 1 atom stereocenters. The first kappa shape index (κ1) is 18.4. The van der Waals surface area contributed by atoms with E-state index in [0.29, 0.717) is 6.54 Å². The minimum absolute atomic E-state index is 0.0746. The van der Waals surface area contributed by atoms with Crippen molar-refractivity contribution in [1.29, 1.82) is 0 Å². The molecule has 2 aromatic rings. The number of rotatable bonds is 8. The monoisotopic (exact) mass is 343 g/mol. The summed E-state index contributed by atoms with van der Waals surface area (Å²) in [4.78, 5) is 12.1. The molecule has 0 radical (unpaired) electrons. The number of ether oxygens (including phenoxy) is 1.